The zero-order chi connectivity index (χ0) is 13.3. The molecular formula is C12H16N4O2. The molecule has 2 heterocycles. The molecule has 6 nitrogen and oxygen atoms in total. The van der Waals surface area contributed by atoms with Crippen LogP contribution in [-0.4, -0.2) is 21.9 Å². The number of nitrogens with two attached hydrogens (primary N) is 1. The summed E-state index contributed by atoms with van der Waals surface area (Å²) in [6.45, 7) is 3.80. The van der Waals surface area contributed by atoms with Crippen molar-refractivity contribution in [3.05, 3.63) is 23.5 Å². The maximum absolute atomic E-state index is 5.83. The summed E-state index contributed by atoms with van der Waals surface area (Å²) >= 11 is 0. The van der Waals surface area contributed by atoms with E-state index in [1.165, 1.54) is 0 Å². The van der Waals surface area contributed by atoms with Gasteiger partial charge in [-0.2, -0.15) is 10.1 Å². The Labute approximate surface area is 105 Å². The average molecular weight is 248 g/mol. The van der Waals surface area contributed by atoms with Gasteiger partial charge in [0.25, 0.3) is 0 Å². The van der Waals surface area contributed by atoms with Crippen LogP contribution in [0.1, 0.15) is 11.4 Å². The molecule has 0 radical (unpaired) electrons. The summed E-state index contributed by atoms with van der Waals surface area (Å²) in [5.74, 6) is 1.46. The third-order valence-corrected chi connectivity index (χ3v) is 2.71. The molecule has 0 aromatic carbocycles. The van der Waals surface area contributed by atoms with Gasteiger partial charge in [-0.25, -0.2) is 0 Å². The molecule has 0 fully saturated rings. The molecule has 0 saturated heterocycles. The molecule has 6 heteroatoms. The number of hydrogen-bond donors (Lipinski definition) is 1. The van der Waals surface area contributed by atoms with Gasteiger partial charge in [-0.1, -0.05) is 0 Å². The first-order valence-corrected chi connectivity index (χ1v) is 5.51. The summed E-state index contributed by atoms with van der Waals surface area (Å²) in [6.07, 6.45) is 0. The van der Waals surface area contributed by atoms with E-state index in [1.807, 2.05) is 20.9 Å². The topological polar surface area (TPSA) is 75.2 Å². The lowest BCUT2D eigenvalue weighted by atomic mass is 10.3. The normalized spacial score (nSPS) is 10.4. The number of hydrogen-bond acceptors (Lipinski definition) is 5. The summed E-state index contributed by atoms with van der Waals surface area (Å²) < 4.78 is 12.5. The Morgan fingerprint density at radius 2 is 2.00 bits per heavy atom. The van der Waals surface area contributed by atoms with Gasteiger partial charge in [-0.15, -0.1) is 0 Å². The number of anilines is 1. The monoisotopic (exact) mass is 248 g/mol. The van der Waals surface area contributed by atoms with Crippen LogP contribution >= 0.6 is 0 Å². The molecule has 96 valence electrons. The summed E-state index contributed by atoms with van der Waals surface area (Å²) in [5.41, 5.74) is 7.99. The third-order valence-electron chi connectivity index (χ3n) is 2.71. The lowest BCUT2D eigenvalue weighted by molar-refractivity contribution is 0.383. The lowest BCUT2D eigenvalue weighted by Gasteiger charge is -2.08. The molecule has 0 bridgehead atoms. The molecule has 0 unspecified atom stereocenters. The van der Waals surface area contributed by atoms with Crippen molar-refractivity contribution in [1.82, 2.24) is 14.8 Å². The summed E-state index contributed by atoms with van der Waals surface area (Å²) in [6, 6.07) is 3.38. The first-order valence-electron chi connectivity index (χ1n) is 5.51. The minimum absolute atomic E-state index is 0.327. The SMILES string of the molecule is COc1ccc(N)c(Oc2c(C)nn(C)c2C)n1. The van der Waals surface area contributed by atoms with Gasteiger partial charge in [-0.05, 0) is 19.9 Å². The Morgan fingerprint density at radius 3 is 2.56 bits per heavy atom. The van der Waals surface area contributed by atoms with E-state index in [9.17, 15) is 0 Å². The van der Waals surface area contributed by atoms with Crippen LogP contribution in [0.3, 0.4) is 0 Å². The van der Waals surface area contributed by atoms with Crippen LogP contribution in [0.25, 0.3) is 0 Å². The van der Waals surface area contributed by atoms with Crippen LogP contribution in [0, 0.1) is 13.8 Å². The van der Waals surface area contributed by atoms with Gasteiger partial charge in [-0.3, -0.25) is 4.68 Å². The van der Waals surface area contributed by atoms with E-state index in [1.54, 1.807) is 23.9 Å². The number of methoxy groups -OCH3 is 1. The first-order chi connectivity index (χ1) is 8.52. The molecule has 2 aromatic rings. The van der Waals surface area contributed by atoms with E-state index in [-0.39, 0.29) is 0 Å². The minimum Gasteiger partial charge on any atom is -0.481 e. The van der Waals surface area contributed by atoms with Crippen LogP contribution in [0.5, 0.6) is 17.5 Å². The molecule has 2 N–H and O–H groups in total. The smallest absolute Gasteiger partial charge is 0.246 e. The highest BCUT2D eigenvalue weighted by atomic mass is 16.5. The van der Waals surface area contributed by atoms with Crippen molar-refractivity contribution in [1.29, 1.82) is 0 Å². The van der Waals surface area contributed by atoms with Crippen molar-refractivity contribution in [2.24, 2.45) is 7.05 Å². The van der Waals surface area contributed by atoms with Gasteiger partial charge < -0.3 is 15.2 Å². The average Bonchev–Trinajstić information content (AvgIpc) is 2.58. The minimum atomic E-state index is 0.327. The van der Waals surface area contributed by atoms with E-state index in [0.29, 0.717) is 23.2 Å². The van der Waals surface area contributed by atoms with Crippen molar-refractivity contribution >= 4 is 5.69 Å². The molecule has 18 heavy (non-hydrogen) atoms. The highest BCUT2D eigenvalue weighted by Gasteiger charge is 2.14. The predicted molar refractivity (Wildman–Crippen MR) is 68.0 cm³/mol. The second-order valence-electron chi connectivity index (χ2n) is 3.97. The molecule has 2 rings (SSSR count). The van der Waals surface area contributed by atoms with Crippen LogP contribution in [-0.2, 0) is 7.05 Å². The highest BCUT2D eigenvalue weighted by Crippen LogP contribution is 2.31. The van der Waals surface area contributed by atoms with Gasteiger partial charge >= 0.3 is 0 Å². The number of nitrogen functional groups attached to an aromatic ring is 1. The summed E-state index contributed by atoms with van der Waals surface area (Å²) in [7, 11) is 3.40. The molecular weight excluding hydrogens is 232 g/mol. The van der Waals surface area contributed by atoms with E-state index >= 15 is 0 Å². The molecule has 0 aliphatic heterocycles. The molecule has 2 aromatic heterocycles. The maximum atomic E-state index is 5.83. The molecule has 0 amide bonds. The third kappa shape index (κ3) is 2.09. The summed E-state index contributed by atoms with van der Waals surface area (Å²) in [5, 5.41) is 4.27. The number of aryl methyl sites for hydroxylation is 2. The predicted octanol–water partition coefficient (Wildman–Crippen LogP) is 1.82. The largest absolute Gasteiger partial charge is 0.481 e. The fraction of sp³-hybridized carbons (Fsp3) is 0.333. The van der Waals surface area contributed by atoms with Gasteiger partial charge in [0.2, 0.25) is 11.8 Å². The number of aromatic nitrogens is 3. The zero-order valence-electron chi connectivity index (χ0n) is 10.9. The quantitative estimate of drug-likeness (QED) is 0.896. The van der Waals surface area contributed by atoms with Gasteiger partial charge in [0.05, 0.1) is 18.5 Å². The first kappa shape index (κ1) is 12.2. The van der Waals surface area contributed by atoms with Crippen LogP contribution < -0.4 is 15.2 Å². The number of rotatable bonds is 3. The Morgan fingerprint density at radius 1 is 1.28 bits per heavy atom. The van der Waals surface area contributed by atoms with Crippen LogP contribution in [0.4, 0.5) is 5.69 Å². The van der Waals surface area contributed by atoms with Crippen LogP contribution in [0.2, 0.25) is 0 Å². The maximum Gasteiger partial charge on any atom is 0.246 e. The number of ether oxygens (including phenoxy) is 2. The van der Waals surface area contributed by atoms with E-state index in [2.05, 4.69) is 10.1 Å². The molecule has 0 aliphatic rings. The lowest BCUT2D eigenvalue weighted by Crippen LogP contribution is -1.98. The zero-order valence-corrected chi connectivity index (χ0v) is 10.9. The van der Waals surface area contributed by atoms with Gasteiger partial charge in [0.15, 0.2) is 5.75 Å². The van der Waals surface area contributed by atoms with Crippen LogP contribution in [0.15, 0.2) is 12.1 Å². The highest BCUT2D eigenvalue weighted by molar-refractivity contribution is 5.51. The fourth-order valence-electron chi connectivity index (χ4n) is 1.63. The molecule has 0 spiro atoms. The Bertz CT molecular complexity index is 578. The Hall–Kier alpha value is -2.24. The van der Waals surface area contributed by atoms with E-state index in [0.717, 1.165) is 11.4 Å². The second kappa shape index (κ2) is 4.56. The van der Waals surface area contributed by atoms with Crippen molar-refractivity contribution < 1.29 is 9.47 Å². The van der Waals surface area contributed by atoms with Gasteiger partial charge in [0.1, 0.15) is 5.69 Å². The van der Waals surface area contributed by atoms with E-state index in [4.69, 9.17) is 15.2 Å². The Balaban J connectivity index is 2.39. The molecule has 0 aliphatic carbocycles. The molecule has 0 atom stereocenters. The molecule has 0 saturated carbocycles. The van der Waals surface area contributed by atoms with Crippen molar-refractivity contribution in [3.8, 4) is 17.5 Å². The Kier molecular flexibility index (Phi) is 3.10. The van der Waals surface area contributed by atoms with E-state index < -0.39 is 0 Å². The number of nitrogens with zero attached hydrogens (tertiary/aromatic N) is 3. The summed E-state index contributed by atoms with van der Waals surface area (Å²) in [4.78, 5) is 4.17. The standard InChI is InChI=1S/C12H16N4O2/c1-7-11(8(2)16(3)15-7)18-12-9(13)5-6-10(14-12)17-4/h5-6H,13H2,1-4H3. The van der Waals surface area contributed by atoms with Gasteiger partial charge in [0, 0.05) is 13.1 Å². The number of pyridine rings is 1. The van der Waals surface area contributed by atoms with Crippen molar-refractivity contribution in [3.63, 3.8) is 0 Å². The van der Waals surface area contributed by atoms with Crippen molar-refractivity contribution in [2.75, 3.05) is 12.8 Å². The fourth-order valence-corrected chi connectivity index (χ4v) is 1.63. The second-order valence-corrected chi connectivity index (χ2v) is 3.97. The van der Waals surface area contributed by atoms with Crippen molar-refractivity contribution in [2.45, 2.75) is 13.8 Å².